The van der Waals surface area contributed by atoms with Crippen LogP contribution in [-0.2, 0) is 11.8 Å². The monoisotopic (exact) mass is 401 g/mol. The van der Waals surface area contributed by atoms with Gasteiger partial charge in [-0.2, -0.15) is 0 Å². The van der Waals surface area contributed by atoms with E-state index >= 15 is 0 Å². The maximum Gasteiger partial charge on any atom is 0.123 e. The van der Waals surface area contributed by atoms with E-state index in [0.29, 0.717) is 6.61 Å². The number of rotatable bonds is 9. The summed E-state index contributed by atoms with van der Waals surface area (Å²) in [4.78, 5) is 2.44. The average molecular weight is 402 g/mol. The van der Waals surface area contributed by atoms with Crippen molar-refractivity contribution in [3.63, 3.8) is 0 Å². The molecule has 1 unspecified atom stereocenters. The third kappa shape index (κ3) is 4.36. The van der Waals surface area contributed by atoms with E-state index in [1.54, 1.807) is 7.11 Å². The molecule has 0 aliphatic carbocycles. The highest BCUT2D eigenvalue weighted by Crippen LogP contribution is 2.47. The molecule has 0 saturated heterocycles. The lowest BCUT2D eigenvalue weighted by Crippen LogP contribution is -2.31. The smallest absolute Gasteiger partial charge is 0.123 e. The number of likely N-dealkylation sites (N-methyl/N-ethyl adjacent to an activating group) is 1. The van der Waals surface area contributed by atoms with Gasteiger partial charge in [0.15, 0.2) is 0 Å². The molecule has 3 aromatic carbocycles. The Morgan fingerprint density at radius 1 is 0.933 bits per heavy atom. The van der Waals surface area contributed by atoms with Crippen LogP contribution in [-0.4, -0.2) is 38.8 Å². The normalized spacial score (nSPS) is 17.6. The SMILES string of the molecule is COc1ccc2c(c1)C(CCCN(C)CCc1ccccc1)(c1ccccc1)CO2. The molecule has 3 nitrogen and oxygen atoms in total. The first kappa shape index (κ1) is 20.5. The topological polar surface area (TPSA) is 21.7 Å². The lowest BCUT2D eigenvalue weighted by molar-refractivity contribution is 0.263. The summed E-state index contributed by atoms with van der Waals surface area (Å²) in [7, 11) is 3.95. The Kier molecular flexibility index (Phi) is 6.39. The molecule has 1 aliphatic heterocycles. The van der Waals surface area contributed by atoms with Crippen molar-refractivity contribution in [3.8, 4) is 11.5 Å². The summed E-state index contributed by atoms with van der Waals surface area (Å²) < 4.78 is 11.7. The number of nitrogens with zero attached hydrogens (tertiary/aromatic N) is 1. The molecule has 0 bridgehead atoms. The van der Waals surface area contributed by atoms with E-state index in [1.807, 2.05) is 12.1 Å². The fourth-order valence-electron chi connectivity index (χ4n) is 4.49. The minimum Gasteiger partial charge on any atom is -0.497 e. The van der Waals surface area contributed by atoms with E-state index < -0.39 is 0 Å². The number of fused-ring (bicyclic) bond motifs is 1. The first-order chi connectivity index (χ1) is 14.7. The number of hydrogen-bond acceptors (Lipinski definition) is 3. The van der Waals surface area contributed by atoms with Crippen LogP contribution in [0.25, 0.3) is 0 Å². The average Bonchev–Trinajstić information content (AvgIpc) is 3.18. The molecular weight excluding hydrogens is 370 g/mol. The molecule has 0 spiro atoms. The number of ether oxygens (including phenoxy) is 2. The van der Waals surface area contributed by atoms with Crippen molar-refractivity contribution < 1.29 is 9.47 Å². The molecule has 30 heavy (non-hydrogen) atoms. The fourth-order valence-corrected chi connectivity index (χ4v) is 4.49. The molecule has 1 atom stereocenters. The summed E-state index contributed by atoms with van der Waals surface area (Å²) in [5.74, 6) is 1.87. The predicted molar refractivity (Wildman–Crippen MR) is 123 cm³/mol. The molecule has 1 aliphatic rings. The van der Waals surface area contributed by atoms with Gasteiger partial charge in [-0.3, -0.25) is 0 Å². The zero-order valence-electron chi connectivity index (χ0n) is 18.0. The molecule has 0 aromatic heterocycles. The van der Waals surface area contributed by atoms with Gasteiger partial charge in [0.25, 0.3) is 0 Å². The largest absolute Gasteiger partial charge is 0.497 e. The van der Waals surface area contributed by atoms with Crippen LogP contribution >= 0.6 is 0 Å². The third-order valence-electron chi connectivity index (χ3n) is 6.27. The van der Waals surface area contributed by atoms with Crippen molar-refractivity contribution >= 4 is 0 Å². The van der Waals surface area contributed by atoms with E-state index in [1.165, 1.54) is 16.7 Å². The molecule has 4 rings (SSSR count). The van der Waals surface area contributed by atoms with Gasteiger partial charge in [-0.15, -0.1) is 0 Å². The highest BCUT2D eigenvalue weighted by atomic mass is 16.5. The van der Waals surface area contributed by atoms with Crippen LogP contribution < -0.4 is 9.47 Å². The van der Waals surface area contributed by atoms with Gasteiger partial charge in [-0.05, 0) is 62.2 Å². The maximum atomic E-state index is 6.16. The lowest BCUT2D eigenvalue weighted by atomic mass is 9.73. The lowest BCUT2D eigenvalue weighted by Gasteiger charge is -2.30. The van der Waals surface area contributed by atoms with Gasteiger partial charge in [0.1, 0.15) is 18.1 Å². The second-order valence-electron chi connectivity index (χ2n) is 8.24. The minimum absolute atomic E-state index is 0.120. The molecule has 0 amide bonds. The van der Waals surface area contributed by atoms with E-state index in [2.05, 4.69) is 78.7 Å². The van der Waals surface area contributed by atoms with Crippen LogP contribution in [0.2, 0.25) is 0 Å². The Balaban J connectivity index is 1.47. The zero-order valence-corrected chi connectivity index (χ0v) is 18.0. The van der Waals surface area contributed by atoms with E-state index in [-0.39, 0.29) is 5.41 Å². The van der Waals surface area contributed by atoms with Gasteiger partial charge in [0.2, 0.25) is 0 Å². The zero-order chi connectivity index (χ0) is 20.8. The fraction of sp³-hybridized carbons (Fsp3) is 0.333. The maximum absolute atomic E-state index is 6.16. The molecule has 0 radical (unpaired) electrons. The molecule has 0 N–H and O–H groups in total. The molecular formula is C27H31NO2. The van der Waals surface area contributed by atoms with Crippen molar-refractivity contribution in [2.45, 2.75) is 24.7 Å². The second kappa shape index (κ2) is 9.36. The van der Waals surface area contributed by atoms with Crippen LogP contribution in [0, 0.1) is 0 Å². The highest BCUT2D eigenvalue weighted by Gasteiger charge is 2.42. The Morgan fingerprint density at radius 3 is 2.40 bits per heavy atom. The summed E-state index contributed by atoms with van der Waals surface area (Å²) in [5, 5.41) is 0. The molecule has 1 heterocycles. The van der Waals surface area contributed by atoms with Crippen LogP contribution in [0.15, 0.2) is 78.9 Å². The number of methoxy groups -OCH3 is 1. The molecule has 0 saturated carbocycles. The summed E-state index contributed by atoms with van der Waals surface area (Å²) in [6.45, 7) is 2.83. The van der Waals surface area contributed by atoms with Gasteiger partial charge in [0, 0.05) is 12.1 Å². The summed E-state index contributed by atoms with van der Waals surface area (Å²) in [6.07, 6.45) is 3.25. The van der Waals surface area contributed by atoms with Crippen molar-refractivity contribution in [2.75, 3.05) is 33.9 Å². The second-order valence-corrected chi connectivity index (χ2v) is 8.24. The van der Waals surface area contributed by atoms with Gasteiger partial charge in [0.05, 0.1) is 12.5 Å². The van der Waals surface area contributed by atoms with E-state index in [9.17, 15) is 0 Å². The highest BCUT2D eigenvalue weighted by molar-refractivity contribution is 5.53. The van der Waals surface area contributed by atoms with Crippen LogP contribution in [0.1, 0.15) is 29.5 Å². The summed E-state index contributed by atoms with van der Waals surface area (Å²) in [5.41, 5.74) is 3.85. The van der Waals surface area contributed by atoms with E-state index in [4.69, 9.17) is 9.47 Å². The van der Waals surface area contributed by atoms with Gasteiger partial charge >= 0.3 is 0 Å². The van der Waals surface area contributed by atoms with Gasteiger partial charge in [-0.1, -0.05) is 60.7 Å². The summed E-state index contributed by atoms with van der Waals surface area (Å²) in [6, 6.07) is 27.7. The molecule has 0 fully saturated rings. The van der Waals surface area contributed by atoms with Crippen molar-refractivity contribution in [2.24, 2.45) is 0 Å². The Bertz CT molecular complexity index is 942. The predicted octanol–water partition coefficient (Wildman–Crippen LogP) is 5.33. The van der Waals surface area contributed by atoms with Gasteiger partial charge in [-0.25, -0.2) is 0 Å². The first-order valence-electron chi connectivity index (χ1n) is 10.8. The third-order valence-corrected chi connectivity index (χ3v) is 6.27. The standard InChI is InChI=1S/C27H31NO2/c1-28(19-16-22-10-5-3-6-11-22)18-9-17-27(23-12-7-4-8-13-23)21-30-26-15-14-24(29-2)20-25(26)27/h3-8,10-15,20H,9,16-19,21H2,1-2H3. The van der Waals surface area contributed by atoms with Crippen LogP contribution in [0.4, 0.5) is 0 Å². The molecule has 3 aromatic rings. The number of benzene rings is 3. The Labute approximate surface area is 180 Å². The Hall–Kier alpha value is -2.78. The van der Waals surface area contributed by atoms with Crippen LogP contribution in [0.3, 0.4) is 0 Å². The van der Waals surface area contributed by atoms with Crippen molar-refractivity contribution in [1.82, 2.24) is 4.90 Å². The summed E-state index contributed by atoms with van der Waals surface area (Å²) >= 11 is 0. The Morgan fingerprint density at radius 2 is 1.67 bits per heavy atom. The molecule has 156 valence electrons. The number of hydrogen-bond donors (Lipinski definition) is 0. The molecule has 3 heteroatoms. The minimum atomic E-state index is -0.120. The first-order valence-corrected chi connectivity index (χ1v) is 10.8. The van der Waals surface area contributed by atoms with Crippen LogP contribution in [0.5, 0.6) is 11.5 Å². The van der Waals surface area contributed by atoms with Crippen molar-refractivity contribution in [1.29, 1.82) is 0 Å². The van der Waals surface area contributed by atoms with E-state index in [0.717, 1.165) is 43.9 Å². The quantitative estimate of drug-likeness (QED) is 0.484. The van der Waals surface area contributed by atoms with Crippen molar-refractivity contribution in [3.05, 3.63) is 95.6 Å². The van der Waals surface area contributed by atoms with Gasteiger partial charge < -0.3 is 14.4 Å².